The van der Waals surface area contributed by atoms with Gasteiger partial charge in [-0.15, -0.1) is 0 Å². The molecule has 0 radical (unpaired) electrons. The van der Waals surface area contributed by atoms with Gasteiger partial charge in [0.1, 0.15) is 11.6 Å². The summed E-state index contributed by atoms with van der Waals surface area (Å²) in [5, 5.41) is 0. The molecule has 84 valence electrons. The highest BCUT2D eigenvalue weighted by atomic mass is 16.1. The van der Waals surface area contributed by atoms with Gasteiger partial charge in [-0.3, -0.25) is 9.59 Å². The van der Waals surface area contributed by atoms with Crippen LogP contribution < -0.4 is 0 Å². The lowest BCUT2D eigenvalue weighted by Crippen LogP contribution is -2.28. The van der Waals surface area contributed by atoms with E-state index in [9.17, 15) is 9.59 Å². The SMILES string of the molecule is C.CC(C)(C)C(=O)CC(=O)C(C)(C)C. The molecule has 0 aliphatic rings. The summed E-state index contributed by atoms with van der Waals surface area (Å²) in [6.07, 6.45) is 0.0625. The highest BCUT2D eigenvalue weighted by Crippen LogP contribution is 2.22. The maximum atomic E-state index is 11.5. The summed E-state index contributed by atoms with van der Waals surface area (Å²) in [7, 11) is 0. The molecule has 0 aromatic heterocycles. The van der Waals surface area contributed by atoms with Gasteiger partial charge in [-0.25, -0.2) is 0 Å². The van der Waals surface area contributed by atoms with Crippen molar-refractivity contribution in [1.82, 2.24) is 0 Å². The zero-order chi connectivity index (χ0) is 10.9. The van der Waals surface area contributed by atoms with E-state index in [-0.39, 0.29) is 25.4 Å². The molecule has 0 spiro atoms. The second-order valence-electron chi connectivity index (χ2n) is 5.52. The van der Waals surface area contributed by atoms with Crippen LogP contribution in [-0.4, -0.2) is 11.6 Å². The van der Waals surface area contributed by atoms with Crippen LogP contribution in [0.4, 0.5) is 0 Å². The van der Waals surface area contributed by atoms with E-state index in [1.54, 1.807) is 0 Å². The predicted molar refractivity (Wildman–Crippen MR) is 60.3 cm³/mol. The number of rotatable bonds is 2. The number of Topliss-reactive ketones (excluding diaryl/α,β-unsaturated/α-hetero) is 2. The van der Waals surface area contributed by atoms with Crippen LogP contribution in [-0.2, 0) is 9.59 Å². The van der Waals surface area contributed by atoms with Crippen LogP contribution >= 0.6 is 0 Å². The maximum absolute atomic E-state index is 11.5. The molecule has 0 aliphatic heterocycles. The zero-order valence-corrected chi connectivity index (χ0v) is 9.52. The van der Waals surface area contributed by atoms with Crippen molar-refractivity contribution < 1.29 is 9.59 Å². The van der Waals surface area contributed by atoms with E-state index in [4.69, 9.17) is 0 Å². The second kappa shape index (κ2) is 4.72. The Morgan fingerprint density at radius 1 is 0.786 bits per heavy atom. The van der Waals surface area contributed by atoms with Crippen LogP contribution in [0.3, 0.4) is 0 Å². The third-order valence-electron chi connectivity index (χ3n) is 1.99. The van der Waals surface area contributed by atoms with Gasteiger partial charge in [0, 0.05) is 10.8 Å². The number of carbonyl (C=O) groups is 2. The molecular weight excluding hydrogens is 176 g/mol. The molecule has 0 bridgehead atoms. The van der Waals surface area contributed by atoms with Crippen molar-refractivity contribution in [3.8, 4) is 0 Å². The first-order valence-corrected chi connectivity index (χ1v) is 4.62. The van der Waals surface area contributed by atoms with Crippen LogP contribution in [0.5, 0.6) is 0 Å². The van der Waals surface area contributed by atoms with Crippen LogP contribution in [0.1, 0.15) is 55.4 Å². The molecule has 0 aromatic carbocycles. The molecule has 0 atom stereocenters. The third kappa shape index (κ3) is 5.15. The van der Waals surface area contributed by atoms with Crippen molar-refractivity contribution in [2.45, 2.75) is 55.4 Å². The van der Waals surface area contributed by atoms with E-state index in [1.165, 1.54) is 0 Å². The van der Waals surface area contributed by atoms with Crippen molar-refractivity contribution >= 4 is 11.6 Å². The van der Waals surface area contributed by atoms with Crippen molar-refractivity contribution in [1.29, 1.82) is 0 Å². The Morgan fingerprint density at radius 2 is 1.00 bits per heavy atom. The summed E-state index contributed by atoms with van der Waals surface area (Å²) in [5.41, 5.74) is -0.804. The molecule has 0 saturated carbocycles. The molecule has 0 rings (SSSR count). The van der Waals surface area contributed by atoms with Crippen LogP contribution in [0.2, 0.25) is 0 Å². The molecule has 0 saturated heterocycles. The summed E-state index contributed by atoms with van der Waals surface area (Å²) in [6, 6.07) is 0. The van der Waals surface area contributed by atoms with Crippen molar-refractivity contribution in [3.63, 3.8) is 0 Å². The average molecular weight is 200 g/mol. The molecular formula is C12H24O2. The molecule has 0 unspecified atom stereocenters. The lowest BCUT2D eigenvalue weighted by atomic mass is 9.82. The maximum Gasteiger partial charge on any atom is 0.145 e. The fourth-order valence-corrected chi connectivity index (χ4v) is 0.676. The monoisotopic (exact) mass is 200 g/mol. The Bertz CT molecular complexity index is 189. The van der Waals surface area contributed by atoms with E-state index in [0.717, 1.165) is 0 Å². The molecule has 0 fully saturated rings. The Kier molecular flexibility index (Phi) is 5.32. The Morgan fingerprint density at radius 3 is 1.14 bits per heavy atom. The highest BCUT2D eigenvalue weighted by molar-refractivity contribution is 6.03. The number of hydrogen-bond donors (Lipinski definition) is 0. The minimum atomic E-state index is -0.402. The van der Waals surface area contributed by atoms with Gasteiger partial charge < -0.3 is 0 Å². The summed E-state index contributed by atoms with van der Waals surface area (Å²) in [6.45, 7) is 11.0. The van der Waals surface area contributed by atoms with Gasteiger partial charge in [-0.1, -0.05) is 49.0 Å². The Labute approximate surface area is 88.1 Å². The second-order valence-corrected chi connectivity index (χ2v) is 5.52. The van der Waals surface area contributed by atoms with Gasteiger partial charge in [-0.2, -0.15) is 0 Å². The fourth-order valence-electron chi connectivity index (χ4n) is 0.676. The normalized spacial score (nSPS) is 11.9. The number of carbonyl (C=O) groups excluding carboxylic acids is 2. The molecule has 0 aromatic rings. The predicted octanol–water partition coefficient (Wildman–Crippen LogP) is 3.24. The minimum absolute atomic E-state index is 0. The quantitative estimate of drug-likeness (QED) is 0.641. The molecule has 0 N–H and O–H groups in total. The van der Waals surface area contributed by atoms with Crippen molar-refractivity contribution in [2.75, 3.05) is 0 Å². The van der Waals surface area contributed by atoms with Crippen LogP contribution in [0.15, 0.2) is 0 Å². The molecule has 2 nitrogen and oxygen atoms in total. The topological polar surface area (TPSA) is 34.1 Å². The first-order valence-electron chi connectivity index (χ1n) is 4.62. The molecule has 2 heteroatoms. The standard InChI is InChI=1S/C11H20O2.CH4/c1-10(2,3)8(12)7-9(13)11(4,5)6;/h7H2,1-6H3;1H4. The van der Waals surface area contributed by atoms with E-state index in [0.29, 0.717) is 0 Å². The third-order valence-corrected chi connectivity index (χ3v) is 1.99. The lowest BCUT2D eigenvalue weighted by Gasteiger charge is -2.20. The summed E-state index contributed by atoms with van der Waals surface area (Å²) in [4.78, 5) is 23.0. The van der Waals surface area contributed by atoms with E-state index >= 15 is 0 Å². The largest absolute Gasteiger partial charge is 0.299 e. The van der Waals surface area contributed by atoms with Gasteiger partial charge in [0.2, 0.25) is 0 Å². The fraction of sp³-hybridized carbons (Fsp3) is 0.833. The highest BCUT2D eigenvalue weighted by Gasteiger charge is 2.28. The van der Waals surface area contributed by atoms with E-state index < -0.39 is 10.8 Å². The van der Waals surface area contributed by atoms with Gasteiger partial charge >= 0.3 is 0 Å². The van der Waals surface area contributed by atoms with Crippen LogP contribution in [0, 0.1) is 10.8 Å². The van der Waals surface area contributed by atoms with Gasteiger partial charge in [0.05, 0.1) is 6.42 Å². The molecule has 0 heterocycles. The Balaban J connectivity index is 0. The van der Waals surface area contributed by atoms with Gasteiger partial charge in [0.25, 0.3) is 0 Å². The average Bonchev–Trinajstić information content (AvgIpc) is 1.82. The smallest absolute Gasteiger partial charge is 0.145 e. The van der Waals surface area contributed by atoms with Crippen molar-refractivity contribution in [2.24, 2.45) is 10.8 Å². The lowest BCUT2D eigenvalue weighted by molar-refractivity contribution is -0.135. The number of hydrogen-bond acceptors (Lipinski definition) is 2. The molecule has 0 amide bonds. The van der Waals surface area contributed by atoms with Crippen LogP contribution in [0.25, 0.3) is 0 Å². The van der Waals surface area contributed by atoms with Crippen molar-refractivity contribution in [3.05, 3.63) is 0 Å². The van der Waals surface area contributed by atoms with Gasteiger partial charge in [0.15, 0.2) is 0 Å². The summed E-state index contributed by atoms with van der Waals surface area (Å²) in [5.74, 6) is 0.0415. The summed E-state index contributed by atoms with van der Waals surface area (Å²) < 4.78 is 0. The zero-order valence-electron chi connectivity index (χ0n) is 9.52. The van der Waals surface area contributed by atoms with E-state index in [2.05, 4.69) is 0 Å². The van der Waals surface area contributed by atoms with Gasteiger partial charge in [-0.05, 0) is 0 Å². The first-order chi connectivity index (χ1) is 5.55. The number of ketones is 2. The summed E-state index contributed by atoms with van der Waals surface area (Å²) >= 11 is 0. The first kappa shape index (κ1) is 15.8. The molecule has 14 heavy (non-hydrogen) atoms. The molecule has 0 aliphatic carbocycles. The minimum Gasteiger partial charge on any atom is -0.299 e. The Hall–Kier alpha value is -0.660. The van der Waals surface area contributed by atoms with E-state index in [1.807, 2.05) is 41.5 Å².